The first-order valence-electron chi connectivity index (χ1n) is 6.11. The number of hydrogen-bond donors (Lipinski definition) is 2. The highest BCUT2D eigenvalue weighted by Gasteiger charge is 2.14. The molecule has 88 valence electrons. The molecule has 1 fully saturated rings. The van der Waals surface area contributed by atoms with Crippen LogP contribution in [0.1, 0.15) is 31.5 Å². The number of likely N-dealkylation sites (N-methyl/N-ethyl adjacent to an activating group) is 1. The molecule has 1 saturated carbocycles. The van der Waals surface area contributed by atoms with Crippen molar-refractivity contribution < 1.29 is 0 Å². The smallest absolute Gasteiger partial charge is 0.131 e. The summed E-state index contributed by atoms with van der Waals surface area (Å²) in [5.41, 5.74) is 0. The Hall–Kier alpha value is -1.16. The first-order chi connectivity index (χ1) is 7.88. The molecule has 2 rings (SSSR count). The fourth-order valence-electron chi connectivity index (χ4n) is 2.12. The lowest BCUT2D eigenvalue weighted by Gasteiger charge is -2.12. The number of anilines is 1. The Balaban J connectivity index is 1.92. The first-order valence-corrected chi connectivity index (χ1v) is 6.11. The Bertz CT molecular complexity index is 321. The van der Waals surface area contributed by atoms with Gasteiger partial charge in [0.2, 0.25) is 0 Å². The average molecular weight is 220 g/mol. The lowest BCUT2D eigenvalue weighted by atomic mass is 10.2. The molecule has 0 amide bonds. The largest absolute Gasteiger partial charge is 0.367 e. The van der Waals surface area contributed by atoms with Crippen LogP contribution in [-0.4, -0.2) is 29.6 Å². The van der Waals surface area contributed by atoms with E-state index in [2.05, 4.69) is 20.6 Å². The third-order valence-corrected chi connectivity index (χ3v) is 3.01. The zero-order chi connectivity index (χ0) is 11.2. The summed E-state index contributed by atoms with van der Waals surface area (Å²) >= 11 is 0. The van der Waals surface area contributed by atoms with Gasteiger partial charge in [0.25, 0.3) is 0 Å². The second-order valence-electron chi connectivity index (χ2n) is 4.34. The maximum absolute atomic E-state index is 4.51. The van der Waals surface area contributed by atoms with Crippen molar-refractivity contribution in [2.45, 2.75) is 38.1 Å². The molecule has 0 unspecified atom stereocenters. The summed E-state index contributed by atoms with van der Waals surface area (Å²) in [6, 6.07) is 2.58. The monoisotopic (exact) mass is 220 g/mol. The molecule has 1 aromatic rings. The van der Waals surface area contributed by atoms with Crippen molar-refractivity contribution in [3.05, 3.63) is 18.1 Å². The lowest BCUT2D eigenvalue weighted by Crippen LogP contribution is -2.17. The molecule has 1 aliphatic rings. The third-order valence-electron chi connectivity index (χ3n) is 3.01. The molecule has 1 aromatic heterocycles. The van der Waals surface area contributed by atoms with Crippen LogP contribution in [0, 0.1) is 0 Å². The van der Waals surface area contributed by atoms with Crippen LogP contribution in [0.5, 0.6) is 0 Å². The molecule has 1 heterocycles. The number of nitrogens with one attached hydrogen (secondary N) is 2. The quantitative estimate of drug-likeness (QED) is 0.791. The molecule has 4 nitrogen and oxygen atoms in total. The van der Waals surface area contributed by atoms with Crippen molar-refractivity contribution in [3.63, 3.8) is 0 Å². The van der Waals surface area contributed by atoms with E-state index in [0.29, 0.717) is 6.04 Å². The highest BCUT2D eigenvalue weighted by atomic mass is 15.0. The van der Waals surface area contributed by atoms with E-state index in [1.165, 1.54) is 25.7 Å². The Morgan fingerprint density at radius 1 is 1.38 bits per heavy atom. The second kappa shape index (κ2) is 5.80. The molecule has 0 saturated heterocycles. The molecule has 16 heavy (non-hydrogen) atoms. The fraction of sp³-hybridized carbons (Fsp3) is 0.667. The van der Waals surface area contributed by atoms with Crippen molar-refractivity contribution in [2.75, 3.05) is 18.9 Å². The van der Waals surface area contributed by atoms with E-state index in [0.717, 1.165) is 24.6 Å². The van der Waals surface area contributed by atoms with Gasteiger partial charge in [-0.1, -0.05) is 12.8 Å². The minimum atomic E-state index is 0.618. The Morgan fingerprint density at radius 2 is 2.19 bits per heavy atom. The normalized spacial score (nSPS) is 16.6. The second-order valence-corrected chi connectivity index (χ2v) is 4.34. The highest BCUT2D eigenvalue weighted by molar-refractivity contribution is 5.34. The van der Waals surface area contributed by atoms with Gasteiger partial charge in [0, 0.05) is 25.2 Å². The fourth-order valence-corrected chi connectivity index (χ4v) is 2.12. The van der Waals surface area contributed by atoms with Crippen LogP contribution in [0.4, 0.5) is 5.82 Å². The van der Waals surface area contributed by atoms with E-state index in [1.807, 2.05) is 19.3 Å². The molecule has 0 aromatic carbocycles. The summed E-state index contributed by atoms with van der Waals surface area (Å²) < 4.78 is 0. The zero-order valence-corrected chi connectivity index (χ0v) is 9.87. The van der Waals surface area contributed by atoms with Crippen molar-refractivity contribution in [1.29, 1.82) is 0 Å². The summed E-state index contributed by atoms with van der Waals surface area (Å²) in [6.07, 6.45) is 7.96. The molecule has 0 bridgehead atoms. The molecule has 1 aliphatic carbocycles. The predicted octanol–water partition coefficient (Wildman–Crippen LogP) is 1.59. The van der Waals surface area contributed by atoms with E-state index >= 15 is 0 Å². The molecular formula is C12H20N4. The molecule has 0 aliphatic heterocycles. The van der Waals surface area contributed by atoms with Crippen molar-refractivity contribution in [2.24, 2.45) is 0 Å². The van der Waals surface area contributed by atoms with Gasteiger partial charge in [0.1, 0.15) is 11.6 Å². The van der Waals surface area contributed by atoms with Gasteiger partial charge < -0.3 is 10.6 Å². The van der Waals surface area contributed by atoms with E-state index in [1.54, 1.807) is 0 Å². The van der Waals surface area contributed by atoms with E-state index < -0.39 is 0 Å². The third kappa shape index (κ3) is 3.17. The molecule has 4 heteroatoms. The summed E-state index contributed by atoms with van der Waals surface area (Å²) in [6.45, 7) is 0.923. The minimum absolute atomic E-state index is 0.618. The SMILES string of the molecule is CNCCc1nccc(NC2CCCC2)n1. The zero-order valence-electron chi connectivity index (χ0n) is 9.87. The molecule has 0 radical (unpaired) electrons. The van der Waals surface area contributed by atoms with E-state index in [-0.39, 0.29) is 0 Å². The van der Waals surface area contributed by atoms with Crippen LogP contribution in [0.2, 0.25) is 0 Å². The van der Waals surface area contributed by atoms with Gasteiger partial charge in [-0.25, -0.2) is 9.97 Å². The predicted molar refractivity (Wildman–Crippen MR) is 65.5 cm³/mol. The Kier molecular flexibility index (Phi) is 4.10. The van der Waals surface area contributed by atoms with Crippen LogP contribution in [-0.2, 0) is 6.42 Å². The van der Waals surface area contributed by atoms with Crippen LogP contribution < -0.4 is 10.6 Å². The lowest BCUT2D eigenvalue weighted by molar-refractivity contribution is 0.734. The summed E-state index contributed by atoms with van der Waals surface area (Å²) in [5, 5.41) is 6.59. The maximum atomic E-state index is 4.51. The first kappa shape index (κ1) is 11.3. The summed E-state index contributed by atoms with van der Waals surface area (Å²) in [4.78, 5) is 8.77. The van der Waals surface area contributed by atoms with Crippen LogP contribution >= 0.6 is 0 Å². The van der Waals surface area contributed by atoms with E-state index in [9.17, 15) is 0 Å². The Morgan fingerprint density at radius 3 is 2.94 bits per heavy atom. The van der Waals surface area contributed by atoms with Gasteiger partial charge in [-0.15, -0.1) is 0 Å². The topological polar surface area (TPSA) is 49.8 Å². The highest BCUT2D eigenvalue weighted by Crippen LogP contribution is 2.21. The van der Waals surface area contributed by atoms with E-state index in [4.69, 9.17) is 0 Å². The number of aromatic nitrogens is 2. The van der Waals surface area contributed by atoms with Crippen molar-refractivity contribution in [3.8, 4) is 0 Å². The van der Waals surface area contributed by atoms with Crippen LogP contribution in [0.3, 0.4) is 0 Å². The summed E-state index contributed by atoms with van der Waals surface area (Å²) in [7, 11) is 1.95. The van der Waals surface area contributed by atoms with Crippen LogP contribution in [0.15, 0.2) is 12.3 Å². The van der Waals surface area contributed by atoms with Crippen molar-refractivity contribution in [1.82, 2.24) is 15.3 Å². The van der Waals surface area contributed by atoms with Gasteiger partial charge >= 0.3 is 0 Å². The molecular weight excluding hydrogens is 200 g/mol. The standard InChI is InChI=1S/C12H20N4/c1-13-8-6-11-14-9-7-12(16-11)15-10-4-2-3-5-10/h7,9-10,13H,2-6,8H2,1H3,(H,14,15,16). The molecule has 0 atom stereocenters. The van der Waals surface area contributed by atoms with Gasteiger partial charge in [0.05, 0.1) is 0 Å². The van der Waals surface area contributed by atoms with Gasteiger partial charge in [-0.3, -0.25) is 0 Å². The molecule has 2 N–H and O–H groups in total. The number of rotatable bonds is 5. The Labute approximate surface area is 96.9 Å². The number of nitrogens with zero attached hydrogens (tertiary/aromatic N) is 2. The minimum Gasteiger partial charge on any atom is -0.367 e. The van der Waals surface area contributed by atoms with Crippen LogP contribution in [0.25, 0.3) is 0 Å². The van der Waals surface area contributed by atoms with Gasteiger partial charge in [0.15, 0.2) is 0 Å². The number of hydrogen-bond acceptors (Lipinski definition) is 4. The molecule has 0 spiro atoms. The summed E-state index contributed by atoms with van der Waals surface area (Å²) in [5.74, 6) is 1.89. The van der Waals surface area contributed by atoms with Crippen molar-refractivity contribution >= 4 is 5.82 Å². The average Bonchev–Trinajstić information content (AvgIpc) is 2.80. The maximum Gasteiger partial charge on any atom is 0.131 e. The van der Waals surface area contributed by atoms with Gasteiger partial charge in [-0.05, 0) is 26.0 Å². The van der Waals surface area contributed by atoms with Gasteiger partial charge in [-0.2, -0.15) is 0 Å².